The van der Waals surface area contributed by atoms with Gasteiger partial charge in [-0.2, -0.15) is 4.31 Å². The van der Waals surface area contributed by atoms with Gasteiger partial charge in [-0.25, -0.2) is 8.42 Å². The number of hydrogen-bond donors (Lipinski definition) is 1. The highest BCUT2D eigenvalue weighted by Crippen LogP contribution is 2.32. The third kappa shape index (κ3) is 7.04. The number of aryl methyl sites for hydroxylation is 2. The molecule has 0 aliphatic carbocycles. The summed E-state index contributed by atoms with van der Waals surface area (Å²) in [6, 6.07) is 11.3. The van der Waals surface area contributed by atoms with Gasteiger partial charge in [0.1, 0.15) is 12.4 Å². The van der Waals surface area contributed by atoms with Gasteiger partial charge in [0.05, 0.1) is 18.6 Å². The van der Waals surface area contributed by atoms with E-state index in [1.807, 2.05) is 26.2 Å². The van der Waals surface area contributed by atoms with Crippen molar-refractivity contribution >= 4 is 15.9 Å². The number of sulfonamides is 1. The molecule has 35 heavy (non-hydrogen) atoms. The van der Waals surface area contributed by atoms with Crippen molar-refractivity contribution in [1.29, 1.82) is 0 Å². The highest BCUT2D eigenvalue weighted by Gasteiger charge is 2.37. The fourth-order valence-corrected chi connectivity index (χ4v) is 6.61. The molecule has 1 saturated heterocycles. The molecule has 2 aromatic rings. The summed E-state index contributed by atoms with van der Waals surface area (Å²) >= 11 is 0. The second-order valence-corrected chi connectivity index (χ2v) is 11.2. The minimum Gasteiger partial charge on any atom is -0.497 e. The molecule has 0 bridgehead atoms. The smallest absolute Gasteiger partial charge is 0.246 e. The van der Waals surface area contributed by atoms with Crippen LogP contribution in [0.25, 0.3) is 0 Å². The number of carbonyl (C=O) groups is 1. The van der Waals surface area contributed by atoms with Gasteiger partial charge >= 0.3 is 0 Å². The topological polar surface area (TPSA) is 88.2 Å². The largest absolute Gasteiger partial charge is 0.497 e. The van der Waals surface area contributed by atoms with Crippen molar-refractivity contribution in [2.24, 2.45) is 0 Å². The van der Waals surface area contributed by atoms with Crippen LogP contribution in [0.1, 0.15) is 35.1 Å². The van der Waals surface area contributed by atoms with E-state index in [4.69, 9.17) is 9.47 Å². The number of benzene rings is 2. The van der Waals surface area contributed by atoms with Crippen LogP contribution < -0.4 is 10.1 Å². The summed E-state index contributed by atoms with van der Waals surface area (Å²) in [5.41, 5.74) is 3.54. The van der Waals surface area contributed by atoms with Crippen molar-refractivity contribution < 1.29 is 22.7 Å². The van der Waals surface area contributed by atoms with Crippen LogP contribution >= 0.6 is 0 Å². The van der Waals surface area contributed by atoms with Gasteiger partial charge in [-0.05, 0) is 75.2 Å². The Morgan fingerprint density at radius 3 is 2.34 bits per heavy atom. The van der Waals surface area contributed by atoms with Crippen LogP contribution in [0.2, 0.25) is 0 Å². The van der Waals surface area contributed by atoms with Crippen molar-refractivity contribution in [3.05, 3.63) is 58.7 Å². The minimum absolute atomic E-state index is 0.107. The molecule has 9 heteroatoms. The first-order valence-electron chi connectivity index (χ1n) is 11.9. The first-order chi connectivity index (χ1) is 16.6. The SMILES string of the molecule is COc1cc(C)c(S(=O)(=O)N2CCCC2COCC(=O)NCc2ccc(CN(C)C)cc2)c(C)c1. The van der Waals surface area contributed by atoms with E-state index in [0.717, 1.165) is 18.5 Å². The number of hydrogen-bond acceptors (Lipinski definition) is 6. The second-order valence-electron chi connectivity index (χ2n) is 9.35. The predicted octanol–water partition coefficient (Wildman–Crippen LogP) is 2.86. The fraction of sp³-hybridized carbons (Fsp3) is 0.500. The molecule has 0 aromatic heterocycles. The molecule has 8 nitrogen and oxygen atoms in total. The first-order valence-corrected chi connectivity index (χ1v) is 13.3. The highest BCUT2D eigenvalue weighted by atomic mass is 32.2. The molecule has 1 N–H and O–H groups in total. The van der Waals surface area contributed by atoms with Gasteiger partial charge < -0.3 is 19.7 Å². The average Bonchev–Trinajstić information content (AvgIpc) is 3.27. The van der Waals surface area contributed by atoms with Crippen molar-refractivity contribution in [3.8, 4) is 5.75 Å². The maximum absolute atomic E-state index is 13.5. The van der Waals surface area contributed by atoms with Crippen LogP contribution in [-0.4, -0.2) is 70.5 Å². The van der Waals surface area contributed by atoms with E-state index in [9.17, 15) is 13.2 Å². The molecule has 1 amide bonds. The Kier molecular flexibility index (Phi) is 9.29. The summed E-state index contributed by atoms with van der Waals surface area (Å²) in [6.45, 7) is 5.37. The molecule has 2 aromatic carbocycles. The number of ether oxygens (including phenoxy) is 2. The van der Waals surface area contributed by atoms with E-state index in [0.29, 0.717) is 41.3 Å². The molecule has 1 fully saturated rings. The molecule has 1 heterocycles. The third-order valence-electron chi connectivity index (χ3n) is 6.11. The van der Waals surface area contributed by atoms with Crippen LogP contribution in [0.4, 0.5) is 0 Å². The van der Waals surface area contributed by atoms with Gasteiger partial charge in [-0.3, -0.25) is 4.79 Å². The van der Waals surface area contributed by atoms with E-state index in [-0.39, 0.29) is 25.2 Å². The lowest BCUT2D eigenvalue weighted by Gasteiger charge is -2.26. The van der Waals surface area contributed by atoms with Crippen LogP contribution in [0, 0.1) is 13.8 Å². The number of rotatable bonds is 11. The highest BCUT2D eigenvalue weighted by molar-refractivity contribution is 7.89. The van der Waals surface area contributed by atoms with Crippen LogP contribution in [0.3, 0.4) is 0 Å². The number of amides is 1. The Morgan fingerprint density at radius 2 is 1.74 bits per heavy atom. The number of nitrogens with one attached hydrogen (secondary N) is 1. The van der Waals surface area contributed by atoms with Gasteiger partial charge in [-0.1, -0.05) is 24.3 Å². The van der Waals surface area contributed by atoms with Crippen LogP contribution in [-0.2, 0) is 32.6 Å². The molecule has 0 spiro atoms. The summed E-state index contributed by atoms with van der Waals surface area (Å²) in [6.07, 6.45) is 1.46. The zero-order valence-electron chi connectivity index (χ0n) is 21.3. The molecule has 0 saturated carbocycles. The van der Waals surface area contributed by atoms with Gasteiger partial charge in [0.25, 0.3) is 0 Å². The average molecular weight is 504 g/mol. The quantitative estimate of drug-likeness (QED) is 0.507. The lowest BCUT2D eigenvalue weighted by molar-refractivity contribution is -0.126. The van der Waals surface area contributed by atoms with Crippen molar-refractivity contribution in [1.82, 2.24) is 14.5 Å². The molecule has 1 aliphatic rings. The van der Waals surface area contributed by atoms with E-state index in [1.54, 1.807) is 33.1 Å². The van der Waals surface area contributed by atoms with Crippen LogP contribution in [0.5, 0.6) is 5.75 Å². The molecule has 192 valence electrons. The lowest BCUT2D eigenvalue weighted by Crippen LogP contribution is -2.39. The Labute approximate surface area is 209 Å². The summed E-state index contributed by atoms with van der Waals surface area (Å²) in [5, 5.41) is 2.86. The van der Waals surface area contributed by atoms with E-state index in [1.165, 1.54) is 9.87 Å². The molecular weight excluding hydrogens is 466 g/mol. The van der Waals surface area contributed by atoms with Crippen molar-refractivity contribution in [3.63, 3.8) is 0 Å². The Hall–Kier alpha value is -2.46. The standard InChI is InChI=1S/C26H37N3O5S/c1-19-13-24(33-5)14-20(2)26(19)35(31,32)29-12-6-7-23(29)17-34-18-25(30)27-15-21-8-10-22(11-9-21)16-28(3)4/h8-11,13-14,23H,6-7,12,15-18H2,1-5H3,(H,27,30). The molecule has 1 aliphatic heterocycles. The monoisotopic (exact) mass is 503 g/mol. The normalized spacial score (nSPS) is 16.6. The van der Waals surface area contributed by atoms with E-state index < -0.39 is 10.0 Å². The number of methoxy groups -OCH3 is 1. The zero-order chi connectivity index (χ0) is 25.6. The zero-order valence-corrected chi connectivity index (χ0v) is 22.2. The summed E-state index contributed by atoms with van der Waals surface area (Å²) in [4.78, 5) is 14.7. The van der Waals surface area contributed by atoms with Crippen LogP contribution in [0.15, 0.2) is 41.3 Å². The Balaban J connectivity index is 1.52. The molecule has 1 unspecified atom stereocenters. The molecule has 3 rings (SSSR count). The van der Waals surface area contributed by atoms with E-state index >= 15 is 0 Å². The first kappa shape index (κ1) is 27.1. The molecule has 0 radical (unpaired) electrons. The van der Waals surface area contributed by atoms with E-state index in [2.05, 4.69) is 22.3 Å². The number of nitrogens with zero attached hydrogens (tertiary/aromatic N) is 2. The Morgan fingerprint density at radius 1 is 1.11 bits per heavy atom. The maximum atomic E-state index is 13.5. The van der Waals surface area contributed by atoms with Crippen molar-refractivity contribution in [2.45, 2.75) is 50.7 Å². The summed E-state index contributed by atoms with van der Waals surface area (Å²) in [5.74, 6) is 0.410. The predicted molar refractivity (Wildman–Crippen MR) is 136 cm³/mol. The minimum atomic E-state index is -3.69. The summed E-state index contributed by atoms with van der Waals surface area (Å²) in [7, 11) is 1.92. The van der Waals surface area contributed by atoms with Crippen molar-refractivity contribution in [2.75, 3.05) is 41.0 Å². The fourth-order valence-electron chi connectivity index (χ4n) is 4.51. The molecule has 1 atom stereocenters. The maximum Gasteiger partial charge on any atom is 0.246 e. The van der Waals surface area contributed by atoms with Gasteiger partial charge in [0.2, 0.25) is 15.9 Å². The van der Waals surface area contributed by atoms with Gasteiger partial charge in [0.15, 0.2) is 0 Å². The Bertz CT molecular complexity index is 1090. The van der Waals surface area contributed by atoms with Gasteiger partial charge in [0, 0.05) is 25.7 Å². The number of carbonyl (C=O) groups excluding carboxylic acids is 1. The third-order valence-corrected chi connectivity index (χ3v) is 8.37. The van der Waals surface area contributed by atoms with Gasteiger partial charge in [-0.15, -0.1) is 0 Å². The summed E-state index contributed by atoms with van der Waals surface area (Å²) < 4.78 is 39.4. The lowest BCUT2D eigenvalue weighted by atomic mass is 10.1. The second kappa shape index (κ2) is 12.0. The molecular formula is C26H37N3O5S.